The second-order valence-electron chi connectivity index (χ2n) is 10.1. The lowest BCUT2D eigenvalue weighted by molar-refractivity contribution is -0.142. The normalized spacial score (nSPS) is 12.9. The van der Waals surface area contributed by atoms with Crippen LogP contribution >= 0.6 is 0 Å². The summed E-state index contributed by atoms with van der Waals surface area (Å²) in [5, 5.41) is 5.56. The minimum absolute atomic E-state index is 0.00925. The number of nitrogens with one attached hydrogen (secondary N) is 2. The third kappa shape index (κ3) is 10.3. The van der Waals surface area contributed by atoms with E-state index in [0.29, 0.717) is 18.5 Å². The molecule has 9 heteroatoms. The summed E-state index contributed by atoms with van der Waals surface area (Å²) in [5.74, 6) is -1.35. The Morgan fingerprint density at radius 1 is 1.08 bits per heavy atom. The molecular weight excluding hydrogens is 460 g/mol. The van der Waals surface area contributed by atoms with Gasteiger partial charge >= 0.3 is 6.09 Å². The first-order valence-electron chi connectivity index (χ1n) is 12.7. The highest BCUT2D eigenvalue weighted by Crippen LogP contribution is 2.27. The van der Waals surface area contributed by atoms with E-state index >= 15 is 0 Å². The number of nitrogens with two attached hydrogens (primary N) is 1. The van der Waals surface area contributed by atoms with E-state index in [1.165, 1.54) is 4.90 Å². The molecule has 9 nitrogen and oxygen atoms in total. The smallest absolute Gasteiger partial charge is 0.408 e. The number of primary amides is 1. The number of carbonyl (C=O) groups is 4. The molecule has 0 aliphatic carbocycles. The lowest BCUT2D eigenvalue weighted by atomic mass is 9.96. The van der Waals surface area contributed by atoms with Crippen LogP contribution in [0.4, 0.5) is 4.79 Å². The summed E-state index contributed by atoms with van der Waals surface area (Å²) in [6, 6.07) is 3.76. The number of hydrogen-bond donors (Lipinski definition) is 3. The molecule has 4 N–H and O–H groups in total. The molecule has 202 valence electrons. The molecule has 4 amide bonds. The standard InChI is InChI=1S/C27H44N4O5/c1-8-10-15-29-24(33)23(20-12-11-18(3)17-19(20)4)31(16-9-2)25(34)21(13-14-22(28)32)30-26(35)36-27(5,6)7/h11-12,17,21,23H,8-10,13-16H2,1-7H3,(H2,28,32)(H,29,33)(H,30,35). The molecule has 2 atom stereocenters. The second-order valence-corrected chi connectivity index (χ2v) is 10.1. The molecule has 0 radical (unpaired) electrons. The monoisotopic (exact) mass is 504 g/mol. The summed E-state index contributed by atoms with van der Waals surface area (Å²) in [7, 11) is 0. The number of rotatable bonds is 13. The van der Waals surface area contributed by atoms with Gasteiger partial charge in [0.2, 0.25) is 17.7 Å². The highest BCUT2D eigenvalue weighted by atomic mass is 16.6. The van der Waals surface area contributed by atoms with E-state index in [-0.39, 0.29) is 25.3 Å². The Labute approximate surface area is 215 Å². The molecule has 1 aromatic rings. The first-order valence-corrected chi connectivity index (χ1v) is 12.7. The third-order valence-corrected chi connectivity index (χ3v) is 5.53. The Kier molecular flexibility index (Phi) is 12.4. The molecule has 2 unspecified atom stereocenters. The van der Waals surface area contributed by atoms with Crippen LogP contribution in [0.25, 0.3) is 0 Å². The van der Waals surface area contributed by atoms with Crippen molar-refractivity contribution in [3.8, 4) is 0 Å². The van der Waals surface area contributed by atoms with Crippen LogP contribution in [0, 0.1) is 13.8 Å². The predicted octanol–water partition coefficient (Wildman–Crippen LogP) is 3.66. The third-order valence-electron chi connectivity index (χ3n) is 5.53. The first kappa shape index (κ1) is 30.9. The quantitative estimate of drug-likeness (QED) is 0.353. The average molecular weight is 505 g/mol. The maximum absolute atomic E-state index is 13.9. The van der Waals surface area contributed by atoms with Crippen molar-refractivity contribution in [3.63, 3.8) is 0 Å². The first-order chi connectivity index (χ1) is 16.8. The van der Waals surface area contributed by atoms with E-state index in [2.05, 4.69) is 10.6 Å². The zero-order valence-corrected chi connectivity index (χ0v) is 22.9. The molecule has 0 saturated heterocycles. The van der Waals surface area contributed by atoms with Crippen LogP contribution in [0.3, 0.4) is 0 Å². The Bertz CT molecular complexity index is 910. The van der Waals surface area contributed by atoms with E-state index in [4.69, 9.17) is 10.5 Å². The van der Waals surface area contributed by atoms with Gasteiger partial charge in [-0.1, -0.05) is 44.0 Å². The van der Waals surface area contributed by atoms with E-state index in [1.807, 2.05) is 45.9 Å². The zero-order valence-electron chi connectivity index (χ0n) is 22.9. The van der Waals surface area contributed by atoms with Gasteiger partial charge in [0.05, 0.1) is 0 Å². The topological polar surface area (TPSA) is 131 Å². The Hall–Kier alpha value is -3.10. The van der Waals surface area contributed by atoms with Crippen LogP contribution in [-0.4, -0.2) is 53.4 Å². The van der Waals surface area contributed by atoms with Crippen LogP contribution in [0.2, 0.25) is 0 Å². The van der Waals surface area contributed by atoms with Crippen molar-refractivity contribution in [1.29, 1.82) is 0 Å². The number of benzene rings is 1. The van der Waals surface area contributed by atoms with Gasteiger partial charge in [0.1, 0.15) is 17.7 Å². The van der Waals surface area contributed by atoms with Crippen LogP contribution < -0.4 is 16.4 Å². The van der Waals surface area contributed by atoms with Gasteiger partial charge in [0.15, 0.2) is 0 Å². The largest absolute Gasteiger partial charge is 0.444 e. The Morgan fingerprint density at radius 3 is 2.28 bits per heavy atom. The number of hydrogen-bond acceptors (Lipinski definition) is 5. The van der Waals surface area contributed by atoms with Gasteiger partial charge in [-0.2, -0.15) is 0 Å². The van der Waals surface area contributed by atoms with Crippen molar-refractivity contribution in [2.24, 2.45) is 5.73 Å². The van der Waals surface area contributed by atoms with Gasteiger partial charge in [-0.15, -0.1) is 0 Å². The average Bonchev–Trinajstić information content (AvgIpc) is 2.76. The lowest BCUT2D eigenvalue weighted by Crippen LogP contribution is -2.53. The summed E-state index contributed by atoms with van der Waals surface area (Å²) in [4.78, 5) is 52.9. The van der Waals surface area contributed by atoms with Crippen molar-refractivity contribution in [2.75, 3.05) is 13.1 Å². The lowest BCUT2D eigenvalue weighted by Gasteiger charge is -2.35. The van der Waals surface area contributed by atoms with Crippen LogP contribution in [0.1, 0.15) is 89.5 Å². The number of ether oxygens (including phenoxy) is 1. The van der Waals surface area contributed by atoms with Gasteiger partial charge < -0.3 is 26.0 Å². The number of amides is 4. The molecule has 1 rings (SSSR count). The van der Waals surface area contributed by atoms with Crippen molar-refractivity contribution in [2.45, 2.75) is 98.3 Å². The second kappa shape index (κ2) is 14.5. The number of nitrogens with zero attached hydrogens (tertiary/aromatic N) is 1. The summed E-state index contributed by atoms with van der Waals surface area (Å²) >= 11 is 0. The fourth-order valence-electron chi connectivity index (χ4n) is 3.87. The molecule has 0 aromatic heterocycles. The number of alkyl carbamates (subject to hydrolysis) is 1. The van der Waals surface area contributed by atoms with Crippen molar-refractivity contribution in [3.05, 3.63) is 34.9 Å². The maximum Gasteiger partial charge on any atom is 0.408 e. The molecule has 36 heavy (non-hydrogen) atoms. The highest BCUT2D eigenvalue weighted by molar-refractivity contribution is 5.92. The van der Waals surface area contributed by atoms with Gasteiger partial charge in [-0.05, 0) is 65.0 Å². The van der Waals surface area contributed by atoms with E-state index in [1.54, 1.807) is 20.8 Å². The molecule has 0 fully saturated rings. The van der Waals surface area contributed by atoms with Crippen LogP contribution in [0.15, 0.2) is 18.2 Å². The minimum Gasteiger partial charge on any atom is -0.444 e. The number of aryl methyl sites for hydroxylation is 2. The fourth-order valence-corrected chi connectivity index (χ4v) is 3.87. The molecule has 0 spiro atoms. The number of unbranched alkanes of at least 4 members (excludes halogenated alkanes) is 1. The predicted molar refractivity (Wildman–Crippen MR) is 140 cm³/mol. The van der Waals surface area contributed by atoms with Crippen molar-refractivity contribution in [1.82, 2.24) is 15.5 Å². The van der Waals surface area contributed by atoms with Gasteiger partial charge in [0, 0.05) is 19.5 Å². The maximum atomic E-state index is 13.9. The molecule has 0 heterocycles. The van der Waals surface area contributed by atoms with Crippen molar-refractivity contribution >= 4 is 23.8 Å². The molecule has 1 aromatic carbocycles. The molecule has 0 saturated carbocycles. The molecule has 0 aliphatic rings. The Morgan fingerprint density at radius 2 is 1.75 bits per heavy atom. The van der Waals surface area contributed by atoms with E-state index in [0.717, 1.165) is 24.0 Å². The summed E-state index contributed by atoms with van der Waals surface area (Å²) in [6.07, 6.45) is 1.42. The summed E-state index contributed by atoms with van der Waals surface area (Å²) < 4.78 is 5.34. The summed E-state index contributed by atoms with van der Waals surface area (Å²) in [5.41, 5.74) is 7.20. The fraction of sp³-hybridized carbons (Fsp3) is 0.630. The summed E-state index contributed by atoms with van der Waals surface area (Å²) in [6.45, 7) is 13.7. The minimum atomic E-state index is -1.09. The number of carbonyl (C=O) groups excluding carboxylic acids is 4. The van der Waals surface area contributed by atoms with Crippen LogP contribution in [-0.2, 0) is 19.1 Å². The van der Waals surface area contributed by atoms with Gasteiger partial charge in [-0.25, -0.2) is 4.79 Å². The van der Waals surface area contributed by atoms with E-state index < -0.39 is 35.6 Å². The van der Waals surface area contributed by atoms with Gasteiger partial charge in [0.25, 0.3) is 0 Å². The highest BCUT2D eigenvalue weighted by Gasteiger charge is 2.36. The van der Waals surface area contributed by atoms with Crippen molar-refractivity contribution < 1.29 is 23.9 Å². The molecular formula is C27H44N4O5. The van der Waals surface area contributed by atoms with E-state index in [9.17, 15) is 19.2 Å². The molecule has 0 aliphatic heterocycles. The molecule has 0 bridgehead atoms. The Balaban J connectivity index is 3.45. The zero-order chi connectivity index (χ0) is 27.5. The SMILES string of the molecule is CCCCNC(=O)C(c1ccc(C)cc1C)N(CCC)C(=O)C(CCC(N)=O)NC(=O)OC(C)(C)C. The van der Waals surface area contributed by atoms with Crippen LogP contribution in [0.5, 0.6) is 0 Å². The van der Waals surface area contributed by atoms with Gasteiger partial charge in [-0.3, -0.25) is 14.4 Å².